The Morgan fingerprint density at radius 2 is 1.81 bits per heavy atom. The summed E-state index contributed by atoms with van der Waals surface area (Å²) in [6.07, 6.45) is 3.81. The topological polar surface area (TPSA) is 88.7 Å². The molecule has 0 radical (unpaired) electrons. The van der Waals surface area contributed by atoms with Gasteiger partial charge in [0.1, 0.15) is 5.75 Å². The van der Waals surface area contributed by atoms with E-state index in [-0.39, 0.29) is 23.2 Å². The van der Waals surface area contributed by atoms with Crippen LogP contribution in [0.4, 0.5) is 0 Å². The number of piperidine rings is 1. The minimum Gasteiger partial charge on any atom is -0.497 e. The first kappa shape index (κ1) is 22.4. The number of hydrogen-bond donors (Lipinski definition) is 1. The number of fused-ring (bicyclic) bond motifs is 1. The number of carbonyl (C=O) groups is 1. The van der Waals surface area contributed by atoms with E-state index >= 15 is 0 Å². The van der Waals surface area contributed by atoms with Crippen LogP contribution in [0.3, 0.4) is 0 Å². The summed E-state index contributed by atoms with van der Waals surface area (Å²) in [5.74, 6) is 1.06. The summed E-state index contributed by atoms with van der Waals surface area (Å²) in [6, 6.07) is 12.2. The fraction of sp³-hybridized carbons (Fsp3) is 0.375. The van der Waals surface area contributed by atoms with Crippen molar-refractivity contribution < 1.29 is 22.7 Å². The van der Waals surface area contributed by atoms with E-state index in [0.717, 1.165) is 24.1 Å². The smallest absolute Gasteiger partial charge is 0.253 e. The van der Waals surface area contributed by atoms with Gasteiger partial charge < -0.3 is 19.4 Å². The highest BCUT2D eigenvalue weighted by molar-refractivity contribution is 7.91. The van der Waals surface area contributed by atoms with Crippen molar-refractivity contribution in [1.82, 2.24) is 9.88 Å². The lowest BCUT2D eigenvalue weighted by atomic mass is 9.89. The second-order valence-electron chi connectivity index (χ2n) is 8.06. The maximum atomic E-state index is 13.0. The molecule has 1 amide bonds. The molecule has 0 aliphatic carbocycles. The molecule has 1 aromatic heterocycles. The average molecular weight is 457 g/mol. The average Bonchev–Trinajstić information content (AvgIpc) is 3.25. The van der Waals surface area contributed by atoms with Crippen molar-refractivity contribution in [1.29, 1.82) is 0 Å². The Labute approximate surface area is 188 Å². The minimum absolute atomic E-state index is 0.0649. The number of ether oxygens (including phenoxy) is 2. The predicted octanol–water partition coefficient (Wildman–Crippen LogP) is 3.62. The van der Waals surface area contributed by atoms with Gasteiger partial charge in [0.25, 0.3) is 5.91 Å². The van der Waals surface area contributed by atoms with E-state index in [9.17, 15) is 13.2 Å². The first-order chi connectivity index (χ1) is 15.4. The highest BCUT2D eigenvalue weighted by Gasteiger charge is 2.26. The molecule has 1 saturated heterocycles. The molecule has 170 valence electrons. The van der Waals surface area contributed by atoms with Gasteiger partial charge in [0.05, 0.1) is 24.4 Å². The van der Waals surface area contributed by atoms with Gasteiger partial charge in [-0.1, -0.05) is 0 Å². The van der Waals surface area contributed by atoms with E-state index in [1.807, 2.05) is 17.0 Å². The fourth-order valence-corrected chi connectivity index (χ4v) is 5.45. The second kappa shape index (κ2) is 9.34. The van der Waals surface area contributed by atoms with Gasteiger partial charge in [-0.25, -0.2) is 8.42 Å². The zero-order valence-corrected chi connectivity index (χ0v) is 19.2. The van der Waals surface area contributed by atoms with Crippen molar-refractivity contribution in [2.45, 2.75) is 23.7 Å². The molecule has 8 heteroatoms. The van der Waals surface area contributed by atoms with Crippen molar-refractivity contribution >= 4 is 26.6 Å². The molecule has 7 nitrogen and oxygen atoms in total. The summed E-state index contributed by atoms with van der Waals surface area (Å²) in [5.41, 5.74) is 2.85. The van der Waals surface area contributed by atoms with Crippen molar-refractivity contribution in [3.8, 4) is 5.75 Å². The number of hydrogen-bond acceptors (Lipinski definition) is 5. The first-order valence-corrected chi connectivity index (χ1v) is 12.3. The van der Waals surface area contributed by atoms with E-state index in [2.05, 4.69) is 17.2 Å². The van der Waals surface area contributed by atoms with Gasteiger partial charge in [-0.15, -0.1) is 0 Å². The Morgan fingerprint density at radius 1 is 1.09 bits per heavy atom. The molecule has 0 unspecified atom stereocenters. The van der Waals surface area contributed by atoms with Crippen molar-refractivity contribution in [2.75, 3.05) is 39.7 Å². The van der Waals surface area contributed by atoms with Gasteiger partial charge in [0.2, 0.25) is 0 Å². The summed E-state index contributed by atoms with van der Waals surface area (Å²) in [7, 11) is -0.273. The number of sulfone groups is 1. The van der Waals surface area contributed by atoms with Crippen molar-refractivity contribution in [3.05, 3.63) is 59.8 Å². The third-order valence-electron chi connectivity index (χ3n) is 6.16. The maximum Gasteiger partial charge on any atom is 0.253 e. The van der Waals surface area contributed by atoms with E-state index in [0.29, 0.717) is 24.6 Å². The molecule has 3 aromatic rings. The SMILES string of the molecule is COCCS(=O)(=O)c1ccc(C(=O)N2CCC(c3c[nH]c4ccc(OC)cc34)CC2)cc1. The molecule has 1 N–H and O–H groups in total. The number of nitrogens with zero attached hydrogens (tertiary/aromatic N) is 1. The number of likely N-dealkylation sites (tertiary alicyclic amines) is 1. The van der Waals surface area contributed by atoms with E-state index in [4.69, 9.17) is 9.47 Å². The standard InChI is InChI=1S/C24H28N2O5S/c1-30-13-14-32(28,29)20-6-3-18(4-7-20)24(27)26-11-9-17(10-12-26)22-16-25-23-8-5-19(31-2)15-21(22)23/h3-8,15-17,25H,9-14H2,1-2H3. The van der Waals surface area contributed by atoms with Gasteiger partial charge in [-0.2, -0.15) is 0 Å². The molecule has 0 spiro atoms. The maximum absolute atomic E-state index is 13.0. The van der Waals surface area contributed by atoms with Crippen LogP contribution in [-0.4, -0.2) is 63.9 Å². The zero-order valence-electron chi connectivity index (χ0n) is 18.3. The Hall–Kier alpha value is -2.84. The molecule has 0 atom stereocenters. The Morgan fingerprint density at radius 3 is 2.47 bits per heavy atom. The summed E-state index contributed by atoms with van der Waals surface area (Å²) in [5, 5.41) is 1.17. The number of aromatic nitrogens is 1. The van der Waals surface area contributed by atoms with Crippen LogP contribution in [0.25, 0.3) is 10.9 Å². The van der Waals surface area contributed by atoms with Gasteiger partial charge in [0, 0.05) is 42.9 Å². The van der Waals surface area contributed by atoms with Gasteiger partial charge in [-0.3, -0.25) is 4.79 Å². The lowest BCUT2D eigenvalue weighted by Gasteiger charge is -2.32. The molecule has 4 rings (SSSR count). The molecule has 2 aromatic carbocycles. The Balaban J connectivity index is 1.42. The lowest BCUT2D eigenvalue weighted by Crippen LogP contribution is -2.37. The zero-order chi connectivity index (χ0) is 22.7. The van der Waals surface area contributed by atoms with Gasteiger partial charge in [-0.05, 0) is 66.8 Å². The highest BCUT2D eigenvalue weighted by atomic mass is 32.2. The number of carbonyl (C=O) groups excluding carboxylic acids is 1. The van der Waals surface area contributed by atoms with Crippen LogP contribution in [0, 0.1) is 0 Å². The van der Waals surface area contributed by atoms with Crippen LogP contribution in [-0.2, 0) is 14.6 Å². The van der Waals surface area contributed by atoms with Crippen LogP contribution in [0.2, 0.25) is 0 Å². The summed E-state index contributed by atoms with van der Waals surface area (Å²) >= 11 is 0. The second-order valence-corrected chi connectivity index (χ2v) is 10.2. The molecule has 2 heterocycles. The molecule has 0 bridgehead atoms. The third kappa shape index (κ3) is 4.52. The summed E-state index contributed by atoms with van der Waals surface area (Å²) in [4.78, 5) is 18.3. The molecule has 32 heavy (non-hydrogen) atoms. The predicted molar refractivity (Wildman–Crippen MR) is 123 cm³/mol. The number of methoxy groups -OCH3 is 2. The normalized spacial score (nSPS) is 15.2. The largest absolute Gasteiger partial charge is 0.497 e. The molecule has 0 saturated carbocycles. The number of nitrogens with one attached hydrogen (secondary N) is 1. The number of benzene rings is 2. The molecule has 1 fully saturated rings. The minimum atomic E-state index is -3.41. The molecule has 1 aliphatic heterocycles. The number of aromatic amines is 1. The van der Waals surface area contributed by atoms with E-state index in [1.54, 1.807) is 19.2 Å². The first-order valence-electron chi connectivity index (χ1n) is 10.7. The summed E-state index contributed by atoms with van der Waals surface area (Å²) < 4.78 is 34.8. The lowest BCUT2D eigenvalue weighted by molar-refractivity contribution is 0.0713. The van der Waals surface area contributed by atoms with Crippen molar-refractivity contribution in [3.63, 3.8) is 0 Å². The van der Waals surface area contributed by atoms with Gasteiger partial charge in [0.15, 0.2) is 9.84 Å². The van der Waals surface area contributed by atoms with Crippen LogP contribution in [0.1, 0.15) is 34.7 Å². The van der Waals surface area contributed by atoms with Crippen LogP contribution < -0.4 is 4.74 Å². The highest BCUT2D eigenvalue weighted by Crippen LogP contribution is 2.35. The number of rotatable bonds is 7. The van der Waals surface area contributed by atoms with Crippen LogP contribution in [0.15, 0.2) is 53.6 Å². The monoisotopic (exact) mass is 456 g/mol. The molecule has 1 aliphatic rings. The van der Waals surface area contributed by atoms with Crippen LogP contribution >= 0.6 is 0 Å². The fourth-order valence-electron chi connectivity index (χ4n) is 4.28. The van der Waals surface area contributed by atoms with Crippen molar-refractivity contribution in [2.24, 2.45) is 0 Å². The Kier molecular flexibility index (Phi) is 6.53. The third-order valence-corrected chi connectivity index (χ3v) is 7.85. The van der Waals surface area contributed by atoms with E-state index in [1.165, 1.54) is 30.2 Å². The molecular weight excluding hydrogens is 428 g/mol. The molecular formula is C24H28N2O5S. The summed E-state index contributed by atoms with van der Waals surface area (Å²) in [6.45, 7) is 1.46. The number of H-pyrrole nitrogens is 1. The Bertz CT molecular complexity index is 1190. The number of amides is 1. The van der Waals surface area contributed by atoms with Gasteiger partial charge >= 0.3 is 0 Å². The quantitative estimate of drug-likeness (QED) is 0.587. The van der Waals surface area contributed by atoms with E-state index < -0.39 is 9.84 Å². The van der Waals surface area contributed by atoms with Crippen LogP contribution in [0.5, 0.6) is 5.75 Å².